The first kappa shape index (κ1) is 16.4. The smallest absolute Gasteiger partial charge is 0.124 e. The summed E-state index contributed by atoms with van der Waals surface area (Å²) in [7, 11) is 1.63. The van der Waals surface area contributed by atoms with Crippen molar-refractivity contribution in [2.75, 3.05) is 7.11 Å². The van der Waals surface area contributed by atoms with Crippen LogP contribution in [0.4, 0.5) is 4.39 Å². The number of benzene rings is 2. The summed E-state index contributed by atoms with van der Waals surface area (Å²) in [5.74, 6) is 6.16. The van der Waals surface area contributed by atoms with Crippen molar-refractivity contribution >= 4 is 31.9 Å². The topological polar surface area (TPSA) is 47.3 Å². The summed E-state index contributed by atoms with van der Waals surface area (Å²) in [6, 6.07) is 10.2. The molecule has 0 aliphatic rings. The molecule has 3 N–H and O–H groups in total. The number of hydrogen-bond donors (Lipinski definition) is 2. The number of nitrogens with two attached hydrogens (primary N) is 1. The summed E-state index contributed by atoms with van der Waals surface area (Å²) in [4.78, 5) is 0. The minimum Gasteiger partial charge on any atom is -0.497 e. The molecule has 6 heteroatoms. The predicted molar refractivity (Wildman–Crippen MR) is 88.6 cm³/mol. The molecule has 0 fully saturated rings. The normalized spacial score (nSPS) is 12.2. The second-order valence-electron chi connectivity index (χ2n) is 4.55. The Morgan fingerprint density at radius 1 is 1.19 bits per heavy atom. The van der Waals surface area contributed by atoms with Gasteiger partial charge >= 0.3 is 0 Å². The number of hydrogen-bond acceptors (Lipinski definition) is 3. The van der Waals surface area contributed by atoms with E-state index in [-0.39, 0.29) is 11.9 Å². The molecule has 0 radical (unpaired) electrons. The maximum Gasteiger partial charge on any atom is 0.124 e. The van der Waals surface area contributed by atoms with Crippen molar-refractivity contribution in [1.29, 1.82) is 0 Å². The first-order chi connectivity index (χ1) is 10.0. The molecule has 0 aliphatic carbocycles. The summed E-state index contributed by atoms with van der Waals surface area (Å²) >= 11 is 6.90. The summed E-state index contributed by atoms with van der Waals surface area (Å²) in [6.07, 6.45) is 0.637. The lowest BCUT2D eigenvalue weighted by atomic mass is 9.99. The number of rotatable bonds is 5. The standard InChI is InChI=1S/C15H15Br2FN2O/c1-21-11-3-5-13(16)9(6-11)7-15(20-19)12-4-2-10(18)8-14(12)17/h2-6,8,15,20H,7,19H2,1H3. The maximum atomic E-state index is 13.2. The van der Waals surface area contributed by atoms with Gasteiger partial charge in [0.25, 0.3) is 0 Å². The Hall–Kier alpha value is -0.950. The molecule has 0 heterocycles. The van der Waals surface area contributed by atoms with E-state index in [9.17, 15) is 4.39 Å². The molecular weight excluding hydrogens is 403 g/mol. The summed E-state index contributed by atoms with van der Waals surface area (Å²) in [5.41, 5.74) is 4.72. The molecule has 0 amide bonds. The molecule has 3 nitrogen and oxygen atoms in total. The largest absolute Gasteiger partial charge is 0.497 e. The average Bonchev–Trinajstić information content (AvgIpc) is 2.47. The van der Waals surface area contributed by atoms with E-state index in [1.165, 1.54) is 12.1 Å². The Labute approximate surface area is 139 Å². The zero-order valence-electron chi connectivity index (χ0n) is 11.4. The quantitative estimate of drug-likeness (QED) is 0.568. The molecule has 0 spiro atoms. The third-order valence-electron chi connectivity index (χ3n) is 3.22. The molecule has 0 aromatic heterocycles. The first-order valence-corrected chi connectivity index (χ1v) is 7.87. The van der Waals surface area contributed by atoms with Crippen molar-refractivity contribution in [3.8, 4) is 5.75 Å². The third kappa shape index (κ3) is 4.03. The number of halogens is 3. The van der Waals surface area contributed by atoms with Crippen LogP contribution in [0.2, 0.25) is 0 Å². The fraction of sp³-hybridized carbons (Fsp3) is 0.200. The summed E-state index contributed by atoms with van der Waals surface area (Å²) < 4.78 is 20.1. The molecule has 0 bridgehead atoms. The molecule has 2 aromatic carbocycles. The number of hydrazine groups is 1. The number of ether oxygens (including phenoxy) is 1. The second kappa shape index (κ2) is 7.35. The van der Waals surface area contributed by atoms with Gasteiger partial charge in [-0.1, -0.05) is 37.9 Å². The fourth-order valence-corrected chi connectivity index (χ4v) is 3.13. The van der Waals surface area contributed by atoms with Gasteiger partial charge in [0.2, 0.25) is 0 Å². The van der Waals surface area contributed by atoms with Crippen molar-refractivity contribution in [2.45, 2.75) is 12.5 Å². The molecule has 2 aromatic rings. The molecule has 0 saturated heterocycles. The van der Waals surface area contributed by atoms with Crippen LogP contribution in [0.1, 0.15) is 17.2 Å². The lowest BCUT2D eigenvalue weighted by Crippen LogP contribution is -2.30. The van der Waals surface area contributed by atoms with Crippen LogP contribution in [-0.2, 0) is 6.42 Å². The molecular formula is C15H15Br2FN2O. The first-order valence-electron chi connectivity index (χ1n) is 6.28. The molecule has 21 heavy (non-hydrogen) atoms. The average molecular weight is 418 g/mol. The van der Waals surface area contributed by atoms with Crippen LogP contribution >= 0.6 is 31.9 Å². The Kier molecular flexibility index (Phi) is 5.75. The lowest BCUT2D eigenvalue weighted by molar-refractivity contribution is 0.413. The lowest BCUT2D eigenvalue weighted by Gasteiger charge is -2.19. The summed E-state index contributed by atoms with van der Waals surface area (Å²) in [6.45, 7) is 0. The van der Waals surface area contributed by atoms with Crippen LogP contribution in [0.3, 0.4) is 0 Å². The molecule has 2 rings (SSSR count). The summed E-state index contributed by atoms with van der Waals surface area (Å²) in [5, 5.41) is 0. The zero-order chi connectivity index (χ0) is 15.4. The monoisotopic (exact) mass is 416 g/mol. The Morgan fingerprint density at radius 2 is 1.95 bits per heavy atom. The molecule has 1 atom stereocenters. The Bertz CT molecular complexity index is 637. The van der Waals surface area contributed by atoms with Crippen LogP contribution < -0.4 is 16.0 Å². The van der Waals surface area contributed by atoms with Gasteiger partial charge in [-0.15, -0.1) is 0 Å². The molecule has 112 valence electrons. The SMILES string of the molecule is COc1ccc(Br)c(CC(NN)c2ccc(F)cc2Br)c1. The van der Waals surface area contributed by atoms with Gasteiger partial charge in [-0.25, -0.2) is 4.39 Å². The van der Waals surface area contributed by atoms with Crippen molar-refractivity contribution in [3.05, 3.63) is 62.3 Å². The highest BCUT2D eigenvalue weighted by atomic mass is 79.9. The Morgan fingerprint density at radius 3 is 2.57 bits per heavy atom. The molecule has 1 unspecified atom stereocenters. The Balaban J connectivity index is 2.30. The maximum absolute atomic E-state index is 13.2. The minimum atomic E-state index is -0.288. The van der Waals surface area contributed by atoms with Gasteiger partial charge in [0, 0.05) is 8.95 Å². The number of nitrogens with one attached hydrogen (secondary N) is 1. The van der Waals surface area contributed by atoms with Crippen molar-refractivity contribution in [3.63, 3.8) is 0 Å². The van der Waals surface area contributed by atoms with Gasteiger partial charge in [0.15, 0.2) is 0 Å². The van der Waals surface area contributed by atoms with Crippen molar-refractivity contribution < 1.29 is 9.13 Å². The minimum absolute atomic E-state index is 0.150. The van der Waals surface area contributed by atoms with Crippen molar-refractivity contribution in [2.24, 2.45) is 5.84 Å². The van der Waals surface area contributed by atoms with E-state index >= 15 is 0 Å². The van der Waals surface area contributed by atoms with Gasteiger partial charge in [-0.3, -0.25) is 11.3 Å². The van der Waals surface area contributed by atoms with Crippen molar-refractivity contribution in [1.82, 2.24) is 5.43 Å². The van der Waals surface area contributed by atoms with Gasteiger partial charge in [0.05, 0.1) is 13.2 Å². The number of methoxy groups -OCH3 is 1. The van der Waals surface area contributed by atoms with E-state index in [1.807, 2.05) is 18.2 Å². The van der Waals surface area contributed by atoms with E-state index in [1.54, 1.807) is 13.2 Å². The van der Waals surface area contributed by atoms with Gasteiger partial charge in [0.1, 0.15) is 11.6 Å². The van der Waals surface area contributed by atoms with Crippen LogP contribution in [-0.4, -0.2) is 7.11 Å². The molecule has 0 saturated carbocycles. The highest BCUT2D eigenvalue weighted by molar-refractivity contribution is 9.10. The van der Waals surface area contributed by atoms with E-state index in [0.29, 0.717) is 10.9 Å². The highest BCUT2D eigenvalue weighted by Crippen LogP contribution is 2.30. The van der Waals surface area contributed by atoms with Crippen LogP contribution in [0.25, 0.3) is 0 Å². The van der Waals surface area contributed by atoms with Gasteiger partial charge in [-0.2, -0.15) is 0 Å². The molecule has 0 aliphatic heterocycles. The third-order valence-corrected chi connectivity index (χ3v) is 4.68. The highest BCUT2D eigenvalue weighted by Gasteiger charge is 2.16. The van der Waals surface area contributed by atoms with Gasteiger partial charge in [-0.05, 0) is 47.9 Å². The second-order valence-corrected chi connectivity index (χ2v) is 6.26. The predicted octanol–water partition coefficient (Wildman–Crippen LogP) is 4.11. The fourth-order valence-electron chi connectivity index (χ4n) is 2.10. The van der Waals surface area contributed by atoms with E-state index in [2.05, 4.69) is 37.3 Å². The zero-order valence-corrected chi connectivity index (χ0v) is 14.5. The van der Waals surface area contributed by atoms with E-state index < -0.39 is 0 Å². The van der Waals surface area contributed by atoms with Crippen LogP contribution in [0.15, 0.2) is 45.3 Å². The van der Waals surface area contributed by atoms with Gasteiger partial charge < -0.3 is 4.74 Å². The van der Waals surface area contributed by atoms with Crippen LogP contribution in [0.5, 0.6) is 5.75 Å². The van der Waals surface area contributed by atoms with E-state index in [4.69, 9.17) is 10.6 Å². The van der Waals surface area contributed by atoms with Crippen LogP contribution in [0, 0.1) is 5.82 Å². The van der Waals surface area contributed by atoms with E-state index in [0.717, 1.165) is 21.3 Å².